The number of rotatable bonds is 4. The maximum atomic E-state index is 8.62. The number of hydrogen-bond donors (Lipinski definition) is 1. The largest absolute Gasteiger partial charge is 0.396 e. The van der Waals surface area contributed by atoms with E-state index in [-0.39, 0.29) is 0 Å². The smallest absolute Gasteiger partial charge is 0.0601 e. The molecule has 0 radical (unpaired) electrons. The van der Waals surface area contributed by atoms with Gasteiger partial charge in [-0.05, 0) is 31.6 Å². The maximum Gasteiger partial charge on any atom is 0.0601 e. The molecule has 1 aliphatic rings. The molecule has 0 spiro atoms. The minimum atomic E-state index is 0.317. The predicted octanol–water partition coefficient (Wildman–Crippen LogP) is 1.57. The quantitative estimate of drug-likeness (QED) is 0.673. The minimum absolute atomic E-state index is 0.317. The molecular formula is C9H18O2. The van der Waals surface area contributed by atoms with Crippen LogP contribution in [-0.4, -0.2) is 24.4 Å². The number of ether oxygens (including phenoxy) is 1. The summed E-state index contributed by atoms with van der Waals surface area (Å²) >= 11 is 0. The van der Waals surface area contributed by atoms with E-state index in [2.05, 4.69) is 6.92 Å². The highest BCUT2D eigenvalue weighted by Gasteiger charge is 2.21. The van der Waals surface area contributed by atoms with E-state index in [1.54, 1.807) is 0 Å². The summed E-state index contributed by atoms with van der Waals surface area (Å²) in [7, 11) is 0. The van der Waals surface area contributed by atoms with Gasteiger partial charge in [0, 0.05) is 13.2 Å². The van der Waals surface area contributed by atoms with Crippen LogP contribution in [0.1, 0.15) is 32.6 Å². The van der Waals surface area contributed by atoms with Gasteiger partial charge in [-0.3, -0.25) is 0 Å². The topological polar surface area (TPSA) is 29.5 Å². The van der Waals surface area contributed by atoms with Crippen molar-refractivity contribution in [2.24, 2.45) is 5.92 Å². The molecule has 0 aliphatic carbocycles. The Bertz CT molecular complexity index is 97.7. The number of aliphatic hydroxyl groups is 1. The predicted molar refractivity (Wildman–Crippen MR) is 44.5 cm³/mol. The van der Waals surface area contributed by atoms with Gasteiger partial charge in [-0.15, -0.1) is 0 Å². The summed E-state index contributed by atoms with van der Waals surface area (Å²) in [5.74, 6) is 0.629. The average Bonchev–Trinajstić information content (AvgIpc) is 2.52. The lowest BCUT2D eigenvalue weighted by atomic mass is 9.97. The molecule has 2 heteroatoms. The lowest BCUT2D eigenvalue weighted by Crippen LogP contribution is -2.16. The SMILES string of the molecule is CC(CCCO)C1CCCO1. The van der Waals surface area contributed by atoms with Gasteiger partial charge >= 0.3 is 0 Å². The summed E-state index contributed by atoms with van der Waals surface area (Å²) in [4.78, 5) is 0. The fourth-order valence-electron chi connectivity index (χ4n) is 1.65. The molecule has 66 valence electrons. The fourth-order valence-corrected chi connectivity index (χ4v) is 1.65. The molecule has 0 bridgehead atoms. The van der Waals surface area contributed by atoms with Gasteiger partial charge in [0.05, 0.1) is 6.10 Å². The molecule has 1 fully saturated rings. The summed E-state index contributed by atoms with van der Waals surface area (Å²) in [6.07, 6.45) is 4.92. The summed E-state index contributed by atoms with van der Waals surface area (Å²) < 4.78 is 5.53. The Labute approximate surface area is 68.6 Å². The van der Waals surface area contributed by atoms with Crippen molar-refractivity contribution in [2.75, 3.05) is 13.2 Å². The van der Waals surface area contributed by atoms with E-state index in [0.717, 1.165) is 19.4 Å². The van der Waals surface area contributed by atoms with E-state index < -0.39 is 0 Å². The fraction of sp³-hybridized carbons (Fsp3) is 1.00. The third kappa shape index (κ3) is 2.80. The molecule has 2 nitrogen and oxygen atoms in total. The molecule has 1 N–H and O–H groups in total. The van der Waals surface area contributed by atoms with Crippen LogP contribution in [0, 0.1) is 5.92 Å². The zero-order valence-electron chi connectivity index (χ0n) is 7.25. The van der Waals surface area contributed by atoms with Crippen molar-refractivity contribution in [3.8, 4) is 0 Å². The summed E-state index contributed by atoms with van der Waals surface area (Å²) in [6.45, 7) is 3.47. The van der Waals surface area contributed by atoms with Crippen molar-refractivity contribution in [1.29, 1.82) is 0 Å². The van der Waals surface area contributed by atoms with Crippen LogP contribution in [0.5, 0.6) is 0 Å². The number of aliphatic hydroxyl groups excluding tert-OH is 1. The Morgan fingerprint density at radius 1 is 1.64 bits per heavy atom. The normalized spacial score (nSPS) is 27.3. The van der Waals surface area contributed by atoms with Gasteiger partial charge in [-0.25, -0.2) is 0 Å². The molecule has 2 unspecified atom stereocenters. The molecule has 0 amide bonds. The molecule has 0 aromatic heterocycles. The first kappa shape index (κ1) is 9.01. The Morgan fingerprint density at radius 3 is 3.00 bits per heavy atom. The average molecular weight is 158 g/mol. The van der Waals surface area contributed by atoms with Crippen molar-refractivity contribution in [3.63, 3.8) is 0 Å². The highest BCUT2D eigenvalue weighted by molar-refractivity contribution is 4.70. The second-order valence-corrected chi connectivity index (χ2v) is 3.39. The first-order valence-corrected chi connectivity index (χ1v) is 4.57. The third-order valence-electron chi connectivity index (χ3n) is 2.42. The zero-order valence-corrected chi connectivity index (χ0v) is 7.25. The van der Waals surface area contributed by atoms with Crippen molar-refractivity contribution in [1.82, 2.24) is 0 Å². The monoisotopic (exact) mass is 158 g/mol. The van der Waals surface area contributed by atoms with Crippen molar-refractivity contribution < 1.29 is 9.84 Å². The molecule has 0 saturated carbocycles. The Kier molecular flexibility index (Phi) is 3.87. The maximum absolute atomic E-state index is 8.62. The van der Waals surface area contributed by atoms with Crippen LogP contribution in [0.4, 0.5) is 0 Å². The van der Waals surface area contributed by atoms with Crippen LogP contribution >= 0.6 is 0 Å². The standard InChI is InChI=1S/C9H18O2/c1-8(4-2-6-10)9-5-3-7-11-9/h8-10H,2-7H2,1H3. The molecule has 2 atom stereocenters. The van der Waals surface area contributed by atoms with Crippen molar-refractivity contribution in [2.45, 2.75) is 38.7 Å². The van der Waals surface area contributed by atoms with Gasteiger partial charge in [0.15, 0.2) is 0 Å². The van der Waals surface area contributed by atoms with Crippen LogP contribution in [0.3, 0.4) is 0 Å². The third-order valence-corrected chi connectivity index (χ3v) is 2.42. The molecule has 11 heavy (non-hydrogen) atoms. The molecule has 0 aromatic carbocycles. The van der Waals surface area contributed by atoms with Crippen molar-refractivity contribution in [3.05, 3.63) is 0 Å². The van der Waals surface area contributed by atoms with Crippen LogP contribution in [0.15, 0.2) is 0 Å². The van der Waals surface area contributed by atoms with E-state index in [4.69, 9.17) is 9.84 Å². The van der Waals surface area contributed by atoms with Gasteiger partial charge in [-0.2, -0.15) is 0 Å². The lowest BCUT2D eigenvalue weighted by molar-refractivity contribution is 0.0636. The second kappa shape index (κ2) is 4.73. The van der Waals surface area contributed by atoms with Gasteiger partial charge in [0.2, 0.25) is 0 Å². The molecule has 1 heterocycles. The van der Waals surface area contributed by atoms with Gasteiger partial charge in [-0.1, -0.05) is 6.92 Å². The molecule has 1 saturated heterocycles. The zero-order chi connectivity index (χ0) is 8.10. The van der Waals surface area contributed by atoms with Crippen LogP contribution < -0.4 is 0 Å². The summed E-state index contributed by atoms with van der Waals surface area (Å²) in [5.41, 5.74) is 0. The lowest BCUT2D eigenvalue weighted by Gasteiger charge is -2.17. The van der Waals surface area contributed by atoms with Gasteiger partial charge in [0.25, 0.3) is 0 Å². The van der Waals surface area contributed by atoms with Gasteiger partial charge < -0.3 is 9.84 Å². The second-order valence-electron chi connectivity index (χ2n) is 3.39. The molecule has 1 rings (SSSR count). The molecular weight excluding hydrogens is 140 g/mol. The van der Waals surface area contributed by atoms with Crippen molar-refractivity contribution >= 4 is 0 Å². The summed E-state index contributed by atoms with van der Waals surface area (Å²) in [5, 5.41) is 8.62. The van der Waals surface area contributed by atoms with Gasteiger partial charge in [0.1, 0.15) is 0 Å². The number of hydrogen-bond acceptors (Lipinski definition) is 2. The Morgan fingerprint density at radius 2 is 2.45 bits per heavy atom. The molecule has 0 aromatic rings. The minimum Gasteiger partial charge on any atom is -0.396 e. The van der Waals surface area contributed by atoms with E-state index in [1.165, 1.54) is 12.8 Å². The van der Waals surface area contributed by atoms with Crippen LogP contribution in [0.2, 0.25) is 0 Å². The van der Waals surface area contributed by atoms with Crippen LogP contribution in [-0.2, 0) is 4.74 Å². The first-order valence-electron chi connectivity index (χ1n) is 4.57. The highest BCUT2D eigenvalue weighted by Crippen LogP contribution is 2.23. The Balaban J connectivity index is 2.12. The van der Waals surface area contributed by atoms with E-state index in [1.807, 2.05) is 0 Å². The molecule has 1 aliphatic heterocycles. The first-order chi connectivity index (χ1) is 5.34. The summed E-state index contributed by atoms with van der Waals surface area (Å²) in [6, 6.07) is 0. The van der Waals surface area contributed by atoms with E-state index in [9.17, 15) is 0 Å². The highest BCUT2D eigenvalue weighted by atomic mass is 16.5. The van der Waals surface area contributed by atoms with E-state index in [0.29, 0.717) is 18.6 Å². The van der Waals surface area contributed by atoms with Crippen LogP contribution in [0.25, 0.3) is 0 Å². The van der Waals surface area contributed by atoms with E-state index >= 15 is 0 Å². The Hall–Kier alpha value is -0.0800.